The first-order valence-corrected chi connectivity index (χ1v) is 10.7. The molecular formula is C20H24N3O4S+. The number of methoxy groups -OCH3 is 1. The summed E-state index contributed by atoms with van der Waals surface area (Å²) in [5, 5.41) is 0. The lowest BCUT2D eigenvalue weighted by molar-refractivity contribution is -0.504. The van der Waals surface area contributed by atoms with E-state index in [2.05, 4.69) is 10.1 Å². The van der Waals surface area contributed by atoms with Crippen LogP contribution in [0.4, 0.5) is 5.69 Å². The summed E-state index contributed by atoms with van der Waals surface area (Å²) in [6.07, 6.45) is 0.505. The van der Waals surface area contributed by atoms with Crippen molar-refractivity contribution < 1.29 is 22.6 Å². The maximum Gasteiger partial charge on any atom is 0.411 e. The van der Waals surface area contributed by atoms with Gasteiger partial charge in [-0.2, -0.15) is 5.43 Å². The predicted molar refractivity (Wildman–Crippen MR) is 108 cm³/mol. The number of sulfonamides is 1. The van der Waals surface area contributed by atoms with Gasteiger partial charge in [0.15, 0.2) is 0 Å². The van der Waals surface area contributed by atoms with Crippen LogP contribution in [0, 0.1) is 0 Å². The Bertz CT molecular complexity index is 1030. The summed E-state index contributed by atoms with van der Waals surface area (Å²) >= 11 is 0. The number of hydrazine groups is 1. The number of amides is 1. The standard InChI is InChI=1S/C20H23N3O4S/c1-4-28(25,26)22-17-11-7-5-9-15(17)19-13-18(21-23(19)14(2)24)16-10-6-8-12-20(16)27-3/h5-12,18,21H,4,13H2,1-3H3/p+1. The number of nitrogens with zero attached hydrogens (tertiary/aromatic N) is 1. The molecule has 1 aliphatic rings. The zero-order valence-corrected chi connectivity index (χ0v) is 16.9. The van der Waals surface area contributed by atoms with Gasteiger partial charge in [0.2, 0.25) is 15.7 Å². The Balaban J connectivity index is 2.03. The molecule has 2 aromatic rings. The van der Waals surface area contributed by atoms with Crippen molar-refractivity contribution in [2.75, 3.05) is 17.6 Å². The van der Waals surface area contributed by atoms with Gasteiger partial charge in [0.25, 0.3) is 0 Å². The minimum atomic E-state index is -3.45. The zero-order valence-electron chi connectivity index (χ0n) is 16.1. The topological polar surface area (TPSA) is 87.5 Å². The summed E-state index contributed by atoms with van der Waals surface area (Å²) in [4.78, 5) is 12.3. The number of benzene rings is 2. The highest BCUT2D eigenvalue weighted by atomic mass is 32.2. The smallest absolute Gasteiger partial charge is 0.411 e. The number of nitrogens with one attached hydrogen (secondary N) is 2. The first-order valence-electron chi connectivity index (χ1n) is 9.01. The lowest BCUT2D eigenvalue weighted by Crippen LogP contribution is -2.32. The van der Waals surface area contributed by atoms with E-state index in [1.807, 2.05) is 36.4 Å². The number of anilines is 1. The first-order chi connectivity index (χ1) is 13.4. The maximum atomic E-state index is 12.3. The van der Waals surface area contributed by atoms with E-state index in [1.54, 1.807) is 26.2 Å². The largest absolute Gasteiger partial charge is 0.496 e. The lowest BCUT2D eigenvalue weighted by atomic mass is 9.97. The van der Waals surface area contributed by atoms with Crippen LogP contribution in [0.3, 0.4) is 0 Å². The van der Waals surface area contributed by atoms with Crippen LogP contribution in [0.5, 0.6) is 5.75 Å². The van der Waals surface area contributed by atoms with Crippen molar-refractivity contribution in [1.82, 2.24) is 5.43 Å². The first kappa shape index (κ1) is 19.9. The highest BCUT2D eigenvalue weighted by Crippen LogP contribution is 2.32. The Morgan fingerprint density at radius 3 is 2.57 bits per heavy atom. The van der Waals surface area contributed by atoms with Crippen LogP contribution in [0.25, 0.3) is 0 Å². The molecule has 1 unspecified atom stereocenters. The molecule has 2 N–H and O–H groups in total. The van der Waals surface area contributed by atoms with Gasteiger partial charge in [-0.3, -0.25) is 4.72 Å². The third kappa shape index (κ3) is 4.01. The summed E-state index contributed by atoms with van der Waals surface area (Å²) in [6, 6.07) is 14.5. The van der Waals surface area contributed by atoms with Crippen molar-refractivity contribution in [3.63, 3.8) is 0 Å². The minimum absolute atomic E-state index is 0.0326. The molecule has 0 aliphatic carbocycles. The minimum Gasteiger partial charge on any atom is -0.496 e. The van der Waals surface area contributed by atoms with E-state index in [1.165, 1.54) is 11.6 Å². The number of ether oxygens (including phenoxy) is 1. The molecule has 148 valence electrons. The number of hydrazone groups is 1. The molecule has 0 spiro atoms. The number of para-hydroxylation sites is 2. The van der Waals surface area contributed by atoms with Crippen molar-refractivity contribution in [1.29, 1.82) is 0 Å². The molecule has 7 nitrogen and oxygen atoms in total. The molecule has 3 rings (SSSR count). The Labute approximate surface area is 165 Å². The fourth-order valence-corrected chi connectivity index (χ4v) is 3.93. The molecule has 0 saturated heterocycles. The van der Waals surface area contributed by atoms with E-state index in [4.69, 9.17) is 4.74 Å². The summed E-state index contributed by atoms with van der Waals surface area (Å²) in [5.41, 5.74) is 5.98. The van der Waals surface area contributed by atoms with Crippen LogP contribution in [0.2, 0.25) is 0 Å². The van der Waals surface area contributed by atoms with Gasteiger partial charge in [0, 0.05) is 5.56 Å². The van der Waals surface area contributed by atoms with Gasteiger partial charge in [-0.05, 0) is 29.8 Å². The van der Waals surface area contributed by atoms with Crippen molar-refractivity contribution in [3.8, 4) is 5.75 Å². The van der Waals surface area contributed by atoms with Crippen molar-refractivity contribution in [3.05, 3.63) is 59.7 Å². The molecule has 8 heteroatoms. The molecule has 0 aromatic heterocycles. The van der Waals surface area contributed by atoms with E-state index in [9.17, 15) is 13.2 Å². The van der Waals surface area contributed by atoms with Gasteiger partial charge < -0.3 is 4.74 Å². The fourth-order valence-electron chi connectivity index (χ4n) is 3.27. The van der Waals surface area contributed by atoms with Crippen molar-refractivity contribution in [2.45, 2.75) is 26.3 Å². The van der Waals surface area contributed by atoms with Gasteiger partial charge in [-0.25, -0.2) is 13.2 Å². The molecule has 1 heterocycles. The highest BCUT2D eigenvalue weighted by Gasteiger charge is 2.38. The predicted octanol–water partition coefficient (Wildman–Crippen LogP) is 2.45. The average molecular weight is 402 g/mol. The van der Waals surface area contributed by atoms with Crippen LogP contribution in [-0.2, 0) is 14.8 Å². The molecule has 1 aliphatic heterocycles. The lowest BCUT2D eigenvalue weighted by Gasteiger charge is -2.12. The number of hydrogen-bond donors (Lipinski definition) is 2. The molecule has 28 heavy (non-hydrogen) atoms. The van der Waals surface area contributed by atoms with E-state index < -0.39 is 10.0 Å². The van der Waals surface area contributed by atoms with Gasteiger partial charge in [-0.1, -0.05) is 30.3 Å². The maximum absolute atomic E-state index is 12.3. The number of rotatable bonds is 6. The molecule has 0 fully saturated rings. The van der Waals surface area contributed by atoms with E-state index >= 15 is 0 Å². The fraction of sp³-hybridized carbons (Fsp3) is 0.300. The summed E-state index contributed by atoms with van der Waals surface area (Å²) < 4.78 is 33.7. The summed E-state index contributed by atoms with van der Waals surface area (Å²) in [7, 11) is -1.84. The molecule has 0 saturated carbocycles. The third-order valence-corrected chi connectivity index (χ3v) is 5.96. The monoisotopic (exact) mass is 402 g/mol. The quantitative estimate of drug-likeness (QED) is 0.725. The average Bonchev–Trinajstić information content (AvgIpc) is 3.13. The van der Waals surface area contributed by atoms with Crippen LogP contribution < -0.4 is 14.9 Å². The van der Waals surface area contributed by atoms with E-state index in [-0.39, 0.29) is 17.7 Å². The number of hydrogen-bond acceptors (Lipinski definition) is 5. The van der Waals surface area contributed by atoms with Gasteiger partial charge in [-0.15, -0.1) is 0 Å². The summed E-state index contributed by atoms with van der Waals surface area (Å²) in [6.45, 7) is 3.05. The molecule has 0 radical (unpaired) electrons. The van der Waals surface area contributed by atoms with Crippen LogP contribution in [0.1, 0.15) is 37.4 Å². The van der Waals surface area contributed by atoms with Gasteiger partial charge >= 0.3 is 5.91 Å². The van der Waals surface area contributed by atoms with Gasteiger partial charge in [0.1, 0.15) is 11.8 Å². The van der Waals surface area contributed by atoms with E-state index in [0.29, 0.717) is 23.4 Å². The Hall–Kier alpha value is -2.87. The zero-order chi connectivity index (χ0) is 20.3. The molecule has 0 bridgehead atoms. The Kier molecular flexibility index (Phi) is 5.69. The highest BCUT2D eigenvalue weighted by molar-refractivity contribution is 7.92. The second-order valence-corrected chi connectivity index (χ2v) is 8.49. The molecule has 1 atom stereocenters. The van der Waals surface area contributed by atoms with Crippen molar-refractivity contribution >= 4 is 27.3 Å². The Morgan fingerprint density at radius 1 is 1.21 bits per heavy atom. The van der Waals surface area contributed by atoms with Crippen LogP contribution >= 0.6 is 0 Å². The Morgan fingerprint density at radius 2 is 1.89 bits per heavy atom. The molecule has 1 amide bonds. The number of carbonyl (C=O) groups excluding carboxylic acids is 1. The molecular weight excluding hydrogens is 378 g/mol. The van der Waals surface area contributed by atoms with E-state index in [0.717, 1.165) is 11.3 Å². The summed E-state index contributed by atoms with van der Waals surface area (Å²) in [5.74, 6) is 0.514. The number of carbonyl (C=O) groups is 1. The third-order valence-electron chi connectivity index (χ3n) is 4.67. The normalized spacial score (nSPS) is 16.6. The second-order valence-electron chi connectivity index (χ2n) is 6.48. The molecule has 2 aromatic carbocycles. The van der Waals surface area contributed by atoms with Crippen LogP contribution in [0.15, 0.2) is 48.5 Å². The van der Waals surface area contributed by atoms with Gasteiger partial charge in [0.05, 0.1) is 37.5 Å². The SMILES string of the molecule is CCS(=O)(=O)Nc1ccccc1C1=[N+](C(C)=O)NC(c2ccccc2OC)C1. The van der Waals surface area contributed by atoms with Crippen LogP contribution in [-0.4, -0.2) is 37.6 Å². The second kappa shape index (κ2) is 8.02. The van der Waals surface area contributed by atoms with Crippen molar-refractivity contribution in [2.24, 2.45) is 0 Å².